The van der Waals surface area contributed by atoms with Crippen LogP contribution < -0.4 is 16.0 Å². The van der Waals surface area contributed by atoms with E-state index in [1.165, 1.54) is 0 Å². The van der Waals surface area contributed by atoms with Gasteiger partial charge in [0.1, 0.15) is 0 Å². The summed E-state index contributed by atoms with van der Waals surface area (Å²) in [6.45, 7) is 1.78. The first-order valence-electron chi connectivity index (χ1n) is 7.25. The molecule has 0 bridgehead atoms. The molecule has 0 saturated carbocycles. The zero-order valence-corrected chi connectivity index (χ0v) is 14.5. The van der Waals surface area contributed by atoms with Gasteiger partial charge in [0.15, 0.2) is 5.11 Å². The van der Waals surface area contributed by atoms with Crippen molar-refractivity contribution in [1.82, 2.24) is 5.32 Å². The van der Waals surface area contributed by atoms with E-state index in [1.807, 2.05) is 0 Å². The molecule has 0 radical (unpaired) electrons. The summed E-state index contributed by atoms with van der Waals surface area (Å²) in [6, 6.07) is 13.6. The number of thiocarbonyl (C=S) groups is 1. The van der Waals surface area contributed by atoms with Gasteiger partial charge in [-0.15, -0.1) is 0 Å². The van der Waals surface area contributed by atoms with Crippen LogP contribution in [-0.4, -0.2) is 16.9 Å². The minimum Gasteiger partial charge on any atom is -0.332 e. The van der Waals surface area contributed by atoms with Crippen molar-refractivity contribution in [2.45, 2.75) is 13.3 Å². The fourth-order valence-corrected chi connectivity index (χ4v) is 2.25. The molecule has 2 rings (SSSR count). The second-order valence-electron chi connectivity index (χ2n) is 4.90. The van der Waals surface area contributed by atoms with Crippen molar-refractivity contribution >= 4 is 52.1 Å². The number of hydrogen-bond donors (Lipinski definition) is 3. The number of carbonyl (C=O) groups excluding carboxylic acids is 2. The Morgan fingerprint density at radius 1 is 1.04 bits per heavy atom. The summed E-state index contributed by atoms with van der Waals surface area (Å²) < 4.78 is 0. The molecule has 7 heteroatoms. The van der Waals surface area contributed by atoms with Crippen LogP contribution in [0, 0.1) is 0 Å². The number of anilines is 2. The minimum atomic E-state index is -0.346. The highest BCUT2D eigenvalue weighted by molar-refractivity contribution is 7.80. The summed E-state index contributed by atoms with van der Waals surface area (Å²) in [5.41, 5.74) is 1.81. The monoisotopic (exact) mass is 361 g/mol. The van der Waals surface area contributed by atoms with Gasteiger partial charge < -0.3 is 10.6 Å². The normalized spacial score (nSPS) is 9.92. The van der Waals surface area contributed by atoms with E-state index in [-0.39, 0.29) is 16.9 Å². The molecule has 0 fully saturated rings. The van der Waals surface area contributed by atoms with Crippen molar-refractivity contribution in [2.75, 3.05) is 10.6 Å². The number of rotatable bonds is 4. The molecule has 124 valence electrons. The quantitative estimate of drug-likeness (QED) is 0.724. The van der Waals surface area contributed by atoms with Crippen LogP contribution in [0.2, 0.25) is 5.02 Å². The number of benzene rings is 2. The van der Waals surface area contributed by atoms with E-state index >= 15 is 0 Å². The summed E-state index contributed by atoms with van der Waals surface area (Å²) in [6.07, 6.45) is 0.416. The van der Waals surface area contributed by atoms with Gasteiger partial charge in [-0.25, -0.2) is 0 Å². The van der Waals surface area contributed by atoms with Crippen LogP contribution in [-0.2, 0) is 4.79 Å². The SMILES string of the molecule is CCC(=O)Nc1ccc(NC(=S)NC(=O)c2cccc(Cl)c2)cc1. The van der Waals surface area contributed by atoms with Gasteiger partial charge in [0, 0.05) is 28.4 Å². The Labute approximate surface area is 150 Å². The molecule has 2 aromatic carbocycles. The third kappa shape index (κ3) is 5.33. The number of halogens is 1. The summed E-state index contributed by atoms with van der Waals surface area (Å²) >= 11 is 11.0. The maximum Gasteiger partial charge on any atom is 0.257 e. The fraction of sp³-hybridized carbons (Fsp3) is 0.118. The van der Waals surface area contributed by atoms with Crippen LogP contribution in [0.4, 0.5) is 11.4 Å². The highest BCUT2D eigenvalue weighted by atomic mass is 35.5. The van der Waals surface area contributed by atoms with Crippen LogP contribution in [0.3, 0.4) is 0 Å². The van der Waals surface area contributed by atoms with Gasteiger partial charge in [-0.05, 0) is 54.7 Å². The lowest BCUT2D eigenvalue weighted by Gasteiger charge is -2.10. The summed E-state index contributed by atoms with van der Waals surface area (Å²) in [4.78, 5) is 23.4. The second-order valence-corrected chi connectivity index (χ2v) is 5.74. The molecule has 0 spiro atoms. The maximum atomic E-state index is 12.1. The van der Waals surface area contributed by atoms with Crippen LogP contribution in [0.5, 0.6) is 0 Å². The van der Waals surface area contributed by atoms with E-state index in [9.17, 15) is 9.59 Å². The number of nitrogens with one attached hydrogen (secondary N) is 3. The summed E-state index contributed by atoms with van der Waals surface area (Å²) in [7, 11) is 0. The van der Waals surface area contributed by atoms with Gasteiger partial charge in [-0.1, -0.05) is 24.6 Å². The van der Waals surface area contributed by atoms with Crippen molar-refractivity contribution in [3.8, 4) is 0 Å². The number of hydrogen-bond acceptors (Lipinski definition) is 3. The van der Waals surface area contributed by atoms with E-state index in [0.29, 0.717) is 28.4 Å². The molecule has 5 nitrogen and oxygen atoms in total. The molecule has 0 aliphatic rings. The average Bonchev–Trinajstić information content (AvgIpc) is 2.56. The first kappa shape index (κ1) is 17.9. The fourth-order valence-electron chi connectivity index (χ4n) is 1.85. The van der Waals surface area contributed by atoms with E-state index in [2.05, 4.69) is 16.0 Å². The van der Waals surface area contributed by atoms with Gasteiger partial charge >= 0.3 is 0 Å². The largest absolute Gasteiger partial charge is 0.332 e. The first-order chi connectivity index (χ1) is 11.5. The van der Waals surface area contributed by atoms with Crippen molar-refractivity contribution in [3.63, 3.8) is 0 Å². The van der Waals surface area contributed by atoms with Crippen molar-refractivity contribution in [3.05, 3.63) is 59.1 Å². The number of amides is 2. The van der Waals surface area contributed by atoms with Crippen LogP contribution >= 0.6 is 23.8 Å². The van der Waals surface area contributed by atoms with E-state index in [1.54, 1.807) is 55.5 Å². The predicted molar refractivity (Wildman–Crippen MR) is 101 cm³/mol. The average molecular weight is 362 g/mol. The van der Waals surface area contributed by atoms with Crippen molar-refractivity contribution in [2.24, 2.45) is 0 Å². The standard InChI is InChI=1S/C17H16ClN3O2S/c1-2-15(22)19-13-6-8-14(9-7-13)20-17(24)21-16(23)11-4-3-5-12(18)10-11/h3-10H,2H2,1H3,(H,19,22)(H2,20,21,23,24). The van der Waals surface area contributed by atoms with Gasteiger partial charge in [0.2, 0.25) is 5.91 Å². The molecule has 0 unspecified atom stereocenters. The van der Waals surface area contributed by atoms with Crippen LogP contribution in [0.1, 0.15) is 23.7 Å². The molecule has 0 atom stereocenters. The third-order valence-electron chi connectivity index (χ3n) is 3.06. The van der Waals surface area contributed by atoms with E-state index in [0.717, 1.165) is 0 Å². The summed E-state index contributed by atoms with van der Waals surface area (Å²) in [5, 5.41) is 8.89. The molecular formula is C17H16ClN3O2S. The minimum absolute atomic E-state index is 0.0555. The van der Waals surface area contributed by atoms with Gasteiger partial charge in [0.25, 0.3) is 5.91 Å². The second kappa shape index (κ2) is 8.42. The highest BCUT2D eigenvalue weighted by Crippen LogP contribution is 2.14. The molecule has 3 N–H and O–H groups in total. The smallest absolute Gasteiger partial charge is 0.257 e. The topological polar surface area (TPSA) is 70.2 Å². The summed E-state index contributed by atoms with van der Waals surface area (Å²) in [5.74, 6) is -0.401. The lowest BCUT2D eigenvalue weighted by Crippen LogP contribution is -2.34. The van der Waals surface area contributed by atoms with Crippen molar-refractivity contribution < 1.29 is 9.59 Å². The lowest BCUT2D eigenvalue weighted by molar-refractivity contribution is -0.115. The number of carbonyl (C=O) groups is 2. The first-order valence-corrected chi connectivity index (χ1v) is 8.04. The van der Waals surface area contributed by atoms with E-state index < -0.39 is 0 Å². The zero-order chi connectivity index (χ0) is 17.5. The van der Waals surface area contributed by atoms with Gasteiger partial charge in [-0.3, -0.25) is 14.9 Å². The maximum absolute atomic E-state index is 12.1. The Hall–Kier alpha value is -2.44. The Balaban J connectivity index is 1.92. The Kier molecular flexibility index (Phi) is 6.28. The third-order valence-corrected chi connectivity index (χ3v) is 3.50. The van der Waals surface area contributed by atoms with Gasteiger partial charge in [0.05, 0.1) is 0 Å². The molecule has 0 aliphatic carbocycles. The van der Waals surface area contributed by atoms with Crippen molar-refractivity contribution in [1.29, 1.82) is 0 Å². The molecule has 0 saturated heterocycles. The predicted octanol–water partition coefficient (Wildman–Crippen LogP) is 3.82. The van der Waals surface area contributed by atoms with Crippen LogP contribution in [0.25, 0.3) is 0 Å². The Bertz CT molecular complexity index is 763. The Morgan fingerprint density at radius 2 is 1.67 bits per heavy atom. The highest BCUT2D eigenvalue weighted by Gasteiger charge is 2.08. The molecule has 0 aromatic heterocycles. The molecule has 0 aliphatic heterocycles. The van der Waals surface area contributed by atoms with E-state index in [4.69, 9.17) is 23.8 Å². The molecule has 2 amide bonds. The molecule has 24 heavy (non-hydrogen) atoms. The van der Waals surface area contributed by atoms with Gasteiger partial charge in [-0.2, -0.15) is 0 Å². The van der Waals surface area contributed by atoms with Crippen LogP contribution in [0.15, 0.2) is 48.5 Å². The molecule has 0 heterocycles. The lowest BCUT2D eigenvalue weighted by atomic mass is 10.2. The Morgan fingerprint density at radius 3 is 2.25 bits per heavy atom. The molecule has 2 aromatic rings. The molecular weight excluding hydrogens is 346 g/mol. The zero-order valence-electron chi connectivity index (χ0n) is 12.9.